The first-order chi connectivity index (χ1) is 5.65. The van der Waals surface area contributed by atoms with Crippen molar-refractivity contribution in [2.75, 3.05) is 0 Å². The van der Waals surface area contributed by atoms with Gasteiger partial charge < -0.3 is 0 Å². The molecule has 0 aliphatic rings. The average Bonchev–Trinajstić information content (AvgIpc) is 2.03. The van der Waals surface area contributed by atoms with Gasteiger partial charge in [-0.25, -0.2) is 0 Å². The van der Waals surface area contributed by atoms with Crippen LogP contribution in [0.4, 0.5) is 0 Å². The molecule has 0 aliphatic carbocycles. The van der Waals surface area contributed by atoms with Gasteiger partial charge in [0.25, 0.3) is 0 Å². The first-order valence-electron chi connectivity index (χ1n) is 4.25. The van der Waals surface area contributed by atoms with Crippen LogP contribution in [0.5, 0.6) is 0 Å². The van der Waals surface area contributed by atoms with E-state index >= 15 is 0 Å². The summed E-state index contributed by atoms with van der Waals surface area (Å²) in [4.78, 5) is 11.1. The van der Waals surface area contributed by atoms with Gasteiger partial charge in [-0.3, -0.25) is 4.79 Å². The molecule has 0 radical (unpaired) electrons. The van der Waals surface area contributed by atoms with Crippen LogP contribution in [0.1, 0.15) is 35.3 Å². The second-order valence-corrected chi connectivity index (χ2v) is 3.06. The fraction of sp³-hybridized carbons (Fsp3) is 0.364. The van der Waals surface area contributed by atoms with Gasteiger partial charge >= 0.3 is 0 Å². The quantitative estimate of drug-likeness (QED) is 0.611. The van der Waals surface area contributed by atoms with Crippen LogP contribution in [0.2, 0.25) is 0 Å². The van der Waals surface area contributed by atoms with Gasteiger partial charge in [-0.05, 0) is 31.4 Å². The zero-order chi connectivity index (χ0) is 9.14. The van der Waals surface area contributed by atoms with Crippen molar-refractivity contribution in [3.63, 3.8) is 0 Å². The molecular weight excluding hydrogens is 148 g/mol. The summed E-state index contributed by atoms with van der Waals surface area (Å²) in [5, 5.41) is 0. The molecule has 64 valence electrons. The Kier molecular flexibility index (Phi) is 2.64. The molecule has 0 saturated carbocycles. The topological polar surface area (TPSA) is 17.1 Å². The van der Waals surface area contributed by atoms with Gasteiger partial charge in [0.2, 0.25) is 0 Å². The van der Waals surface area contributed by atoms with Crippen molar-refractivity contribution in [1.29, 1.82) is 0 Å². The monoisotopic (exact) mass is 162 g/mol. The van der Waals surface area contributed by atoms with E-state index in [0.717, 1.165) is 17.5 Å². The summed E-state index contributed by atoms with van der Waals surface area (Å²) in [6.07, 6.45) is 1.03. The first-order valence-corrected chi connectivity index (χ1v) is 4.25. The molecule has 1 rings (SSSR count). The smallest absolute Gasteiger partial charge is 0.160 e. The van der Waals surface area contributed by atoms with Crippen LogP contribution in [0, 0.1) is 6.92 Å². The van der Waals surface area contributed by atoms with E-state index in [0.29, 0.717) is 0 Å². The molecule has 0 aliphatic heterocycles. The molecular formula is C11H14O. The third-order valence-corrected chi connectivity index (χ3v) is 2.08. The van der Waals surface area contributed by atoms with E-state index in [1.165, 1.54) is 5.56 Å². The van der Waals surface area contributed by atoms with Crippen LogP contribution >= 0.6 is 0 Å². The van der Waals surface area contributed by atoms with E-state index < -0.39 is 0 Å². The predicted octanol–water partition coefficient (Wildman–Crippen LogP) is 2.76. The van der Waals surface area contributed by atoms with E-state index in [2.05, 4.69) is 13.0 Å². The van der Waals surface area contributed by atoms with Crippen molar-refractivity contribution < 1.29 is 4.79 Å². The Morgan fingerprint density at radius 1 is 1.42 bits per heavy atom. The Morgan fingerprint density at radius 2 is 2.08 bits per heavy atom. The maximum Gasteiger partial charge on any atom is 0.160 e. The minimum Gasteiger partial charge on any atom is -0.295 e. The van der Waals surface area contributed by atoms with E-state index in [1.807, 2.05) is 19.1 Å². The Bertz CT molecular complexity index is 300. The molecule has 0 aromatic heterocycles. The Balaban J connectivity index is 3.12. The summed E-state index contributed by atoms with van der Waals surface area (Å²) >= 11 is 0. The third kappa shape index (κ3) is 1.73. The van der Waals surface area contributed by atoms with E-state index in [4.69, 9.17) is 0 Å². The fourth-order valence-electron chi connectivity index (χ4n) is 1.34. The zero-order valence-corrected chi connectivity index (χ0v) is 7.85. The molecule has 1 aromatic rings. The van der Waals surface area contributed by atoms with Crippen LogP contribution < -0.4 is 0 Å². The third-order valence-electron chi connectivity index (χ3n) is 2.08. The highest BCUT2D eigenvalue weighted by atomic mass is 16.1. The number of rotatable bonds is 2. The van der Waals surface area contributed by atoms with Crippen LogP contribution in [0.15, 0.2) is 18.2 Å². The Hall–Kier alpha value is -1.11. The lowest BCUT2D eigenvalue weighted by Crippen LogP contribution is -1.96. The van der Waals surface area contributed by atoms with Gasteiger partial charge in [-0.15, -0.1) is 0 Å². The van der Waals surface area contributed by atoms with Crippen molar-refractivity contribution in [1.82, 2.24) is 0 Å². The van der Waals surface area contributed by atoms with Crippen molar-refractivity contribution in [3.05, 3.63) is 34.9 Å². The standard InChI is InChI=1S/C11H14O/c1-4-10-5-6-11(9(3)12)8(2)7-10/h5-7H,4H2,1-3H3. The summed E-state index contributed by atoms with van der Waals surface area (Å²) in [5.74, 6) is 0.148. The number of benzene rings is 1. The second kappa shape index (κ2) is 3.53. The molecule has 0 heterocycles. The van der Waals surface area contributed by atoms with Gasteiger partial charge in [0.15, 0.2) is 5.78 Å². The van der Waals surface area contributed by atoms with Crippen molar-refractivity contribution in [3.8, 4) is 0 Å². The molecule has 12 heavy (non-hydrogen) atoms. The van der Waals surface area contributed by atoms with E-state index in [9.17, 15) is 4.79 Å². The normalized spacial score (nSPS) is 9.92. The lowest BCUT2D eigenvalue weighted by atomic mass is 10.0. The van der Waals surface area contributed by atoms with Crippen LogP contribution in [-0.2, 0) is 6.42 Å². The maximum absolute atomic E-state index is 11.1. The minimum atomic E-state index is 0.148. The van der Waals surface area contributed by atoms with Gasteiger partial charge in [0.05, 0.1) is 0 Å². The van der Waals surface area contributed by atoms with Gasteiger partial charge in [-0.1, -0.05) is 25.1 Å². The molecule has 0 unspecified atom stereocenters. The molecule has 0 amide bonds. The molecule has 1 heteroatoms. The first kappa shape index (κ1) is 8.98. The fourth-order valence-corrected chi connectivity index (χ4v) is 1.34. The van der Waals surface area contributed by atoms with Gasteiger partial charge in [0, 0.05) is 5.56 Å². The van der Waals surface area contributed by atoms with E-state index in [-0.39, 0.29) is 5.78 Å². The maximum atomic E-state index is 11.1. The zero-order valence-electron chi connectivity index (χ0n) is 7.85. The number of hydrogen-bond acceptors (Lipinski definition) is 1. The van der Waals surface area contributed by atoms with Crippen LogP contribution in [0.25, 0.3) is 0 Å². The van der Waals surface area contributed by atoms with Gasteiger partial charge in [0.1, 0.15) is 0 Å². The molecule has 1 aromatic carbocycles. The van der Waals surface area contributed by atoms with Crippen molar-refractivity contribution in [2.45, 2.75) is 27.2 Å². The highest BCUT2D eigenvalue weighted by molar-refractivity contribution is 5.95. The molecule has 0 fully saturated rings. The minimum absolute atomic E-state index is 0.148. The second-order valence-electron chi connectivity index (χ2n) is 3.06. The highest BCUT2D eigenvalue weighted by Crippen LogP contribution is 2.11. The molecule has 0 N–H and O–H groups in total. The largest absolute Gasteiger partial charge is 0.295 e. The van der Waals surface area contributed by atoms with Crippen molar-refractivity contribution >= 4 is 5.78 Å². The van der Waals surface area contributed by atoms with Crippen molar-refractivity contribution in [2.24, 2.45) is 0 Å². The number of ketones is 1. The summed E-state index contributed by atoms with van der Waals surface area (Å²) in [6, 6.07) is 6.01. The molecule has 0 atom stereocenters. The molecule has 0 spiro atoms. The SMILES string of the molecule is CCc1ccc(C(C)=O)c(C)c1. The summed E-state index contributed by atoms with van der Waals surface area (Å²) < 4.78 is 0. The summed E-state index contributed by atoms with van der Waals surface area (Å²) in [7, 11) is 0. The number of Topliss-reactive ketones (excluding diaryl/α,β-unsaturated/α-hetero) is 1. The van der Waals surface area contributed by atoms with Crippen LogP contribution in [0.3, 0.4) is 0 Å². The van der Waals surface area contributed by atoms with E-state index in [1.54, 1.807) is 6.92 Å². The number of aryl methyl sites for hydroxylation is 2. The Labute approximate surface area is 73.4 Å². The van der Waals surface area contributed by atoms with Crippen LogP contribution in [-0.4, -0.2) is 5.78 Å². The molecule has 1 nitrogen and oxygen atoms in total. The number of carbonyl (C=O) groups is 1. The lowest BCUT2D eigenvalue weighted by molar-refractivity contribution is 0.101. The number of carbonyl (C=O) groups excluding carboxylic acids is 1. The average molecular weight is 162 g/mol. The predicted molar refractivity (Wildman–Crippen MR) is 50.6 cm³/mol. The highest BCUT2D eigenvalue weighted by Gasteiger charge is 2.02. The number of hydrogen-bond donors (Lipinski definition) is 0. The van der Waals surface area contributed by atoms with Gasteiger partial charge in [-0.2, -0.15) is 0 Å². The summed E-state index contributed by atoms with van der Waals surface area (Å²) in [5.41, 5.74) is 3.21. The molecule has 0 saturated heterocycles. The lowest BCUT2D eigenvalue weighted by Gasteiger charge is -2.03. The molecule has 0 bridgehead atoms. The Morgan fingerprint density at radius 3 is 2.50 bits per heavy atom. The summed E-state index contributed by atoms with van der Waals surface area (Å²) in [6.45, 7) is 5.70.